The number of benzene rings is 2. The Morgan fingerprint density at radius 1 is 1.19 bits per heavy atom. The predicted molar refractivity (Wildman–Crippen MR) is 122 cm³/mol. The van der Waals surface area contributed by atoms with Crippen molar-refractivity contribution < 1.29 is 13.9 Å². The van der Waals surface area contributed by atoms with E-state index >= 15 is 0 Å². The van der Waals surface area contributed by atoms with E-state index in [-0.39, 0.29) is 10.6 Å². The number of amides is 1. The summed E-state index contributed by atoms with van der Waals surface area (Å²) in [4.78, 5) is 14.2. The van der Waals surface area contributed by atoms with Gasteiger partial charge in [0.15, 0.2) is 6.17 Å². The second-order valence-corrected chi connectivity index (χ2v) is 7.82. The Kier molecular flexibility index (Phi) is 5.88. The van der Waals surface area contributed by atoms with Gasteiger partial charge in [-0.2, -0.15) is 5.26 Å². The Bertz CT molecular complexity index is 1250. The highest BCUT2D eigenvalue weighted by Crippen LogP contribution is 2.41. The van der Waals surface area contributed by atoms with Crippen LogP contribution in [0.4, 0.5) is 5.69 Å². The lowest BCUT2D eigenvalue weighted by Gasteiger charge is -2.37. The van der Waals surface area contributed by atoms with Crippen LogP contribution in [0.2, 0.25) is 10.0 Å². The van der Waals surface area contributed by atoms with Crippen molar-refractivity contribution >= 4 is 47.4 Å². The lowest BCUT2D eigenvalue weighted by molar-refractivity contribution is -0.118. The minimum atomic E-state index is -0.770. The predicted octanol–water partition coefficient (Wildman–Crippen LogP) is 5.56. The number of carbonyl (C=O) groups excluding carboxylic acids is 1. The van der Waals surface area contributed by atoms with Gasteiger partial charge in [-0.1, -0.05) is 35.3 Å². The molecule has 31 heavy (non-hydrogen) atoms. The van der Waals surface area contributed by atoms with Gasteiger partial charge in [0, 0.05) is 10.6 Å². The molecule has 2 aromatic carbocycles. The number of anilines is 1. The normalized spacial score (nSPS) is 16.2. The van der Waals surface area contributed by atoms with Crippen molar-refractivity contribution in [1.29, 1.82) is 5.26 Å². The number of nitriles is 1. The van der Waals surface area contributed by atoms with Crippen molar-refractivity contribution in [1.82, 2.24) is 5.32 Å². The summed E-state index contributed by atoms with van der Waals surface area (Å²) in [5.74, 6) is 0.914. The maximum Gasteiger partial charge on any atom is 0.266 e. The Labute approximate surface area is 194 Å². The minimum absolute atomic E-state index is 0.113. The monoisotopic (exact) mass is 471 g/mol. The molecule has 1 amide bonds. The lowest BCUT2D eigenvalue weighted by Crippen LogP contribution is -2.46. The van der Waals surface area contributed by atoms with E-state index in [1.54, 1.807) is 47.4 Å². The molecule has 0 radical (unpaired) electrons. The zero-order valence-electron chi connectivity index (χ0n) is 16.1. The first-order valence-corrected chi connectivity index (χ1v) is 10.3. The molecule has 0 spiro atoms. The summed E-state index contributed by atoms with van der Waals surface area (Å²) < 4.78 is 11.5. The molecule has 1 aliphatic rings. The smallest absolute Gasteiger partial charge is 0.266 e. The molecular weight excluding hydrogens is 457 g/mol. The average molecular weight is 472 g/mol. The summed E-state index contributed by atoms with van der Waals surface area (Å²) in [6.45, 7) is 0. The van der Waals surface area contributed by atoms with Crippen LogP contribution < -0.4 is 15.0 Å². The van der Waals surface area contributed by atoms with Crippen molar-refractivity contribution in [3.63, 3.8) is 0 Å². The van der Waals surface area contributed by atoms with E-state index < -0.39 is 12.1 Å². The van der Waals surface area contributed by atoms with Crippen LogP contribution in [0, 0.1) is 11.3 Å². The summed E-state index contributed by atoms with van der Waals surface area (Å²) in [5, 5.41) is 13.4. The number of nitrogens with zero attached hydrogens (tertiary/aromatic N) is 2. The van der Waals surface area contributed by atoms with Crippen molar-refractivity contribution in [2.45, 2.75) is 6.17 Å². The number of para-hydroxylation sites is 2. The number of thiol groups is 1. The summed E-state index contributed by atoms with van der Waals surface area (Å²) in [7, 11) is 1.54. The topological polar surface area (TPSA) is 78.5 Å². The number of carbonyl (C=O) groups is 1. The molecular formula is C22H15Cl2N3O3S. The summed E-state index contributed by atoms with van der Waals surface area (Å²) in [6, 6.07) is 17.7. The second-order valence-electron chi connectivity index (χ2n) is 6.55. The van der Waals surface area contributed by atoms with Crippen molar-refractivity contribution in [2.75, 3.05) is 12.0 Å². The highest BCUT2D eigenvalue weighted by Gasteiger charge is 2.37. The van der Waals surface area contributed by atoms with E-state index in [1.165, 1.54) is 7.11 Å². The molecule has 1 N–H and O–H groups in total. The molecule has 2 heterocycles. The summed E-state index contributed by atoms with van der Waals surface area (Å²) in [6.07, 6.45) is -0.770. The number of rotatable bonds is 4. The molecule has 4 rings (SSSR count). The number of furan rings is 1. The number of ether oxygens (including phenoxy) is 1. The standard InChI is InChI=1S/C22H15Cl2N3O3S/c1-29-18-5-3-2-4-16(18)27-20(26-21(28)14(11-25)22(27)31)19-9-8-17(30-19)13-7-6-12(23)10-15(13)24/h2-10,20,31H,1H3,(H,26,28). The first-order chi connectivity index (χ1) is 14.9. The number of hydrogen-bond donors (Lipinski definition) is 2. The zero-order valence-corrected chi connectivity index (χ0v) is 18.5. The lowest BCUT2D eigenvalue weighted by atomic mass is 10.1. The molecule has 3 aromatic rings. The third-order valence-electron chi connectivity index (χ3n) is 4.75. The van der Waals surface area contributed by atoms with Crippen LogP contribution >= 0.6 is 35.8 Å². The van der Waals surface area contributed by atoms with Gasteiger partial charge in [-0.25, -0.2) is 0 Å². The van der Waals surface area contributed by atoms with Gasteiger partial charge >= 0.3 is 0 Å². The van der Waals surface area contributed by atoms with Crippen LogP contribution in [0.3, 0.4) is 0 Å². The van der Waals surface area contributed by atoms with E-state index in [0.29, 0.717) is 38.6 Å². The molecule has 0 bridgehead atoms. The Balaban J connectivity index is 1.83. The fourth-order valence-electron chi connectivity index (χ4n) is 3.32. The molecule has 1 unspecified atom stereocenters. The van der Waals surface area contributed by atoms with E-state index in [4.69, 9.17) is 32.4 Å². The Morgan fingerprint density at radius 2 is 1.97 bits per heavy atom. The number of halogens is 2. The number of methoxy groups -OCH3 is 1. The molecule has 1 aliphatic heterocycles. The van der Waals surface area contributed by atoms with E-state index in [2.05, 4.69) is 17.9 Å². The van der Waals surface area contributed by atoms with E-state index in [0.717, 1.165) is 0 Å². The Morgan fingerprint density at radius 3 is 2.68 bits per heavy atom. The second kappa shape index (κ2) is 8.60. The molecule has 156 valence electrons. The summed E-state index contributed by atoms with van der Waals surface area (Å²) >= 11 is 16.8. The van der Waals surface area contributed by atoms with E-state index in [1.807, 2.05) is 18.2 Å². The molecule has 0 saturated heterocycles. The van der Waals surface area contributed by atoms with Crippen molar-refractivity contribution in [3.05, 3.63) is 81.0 Å². The van der Waals surface area contributed by atoms with Crippen LogP contribution in [0.1, 0.15) is 11.9 Å². The van der Waals surface area contributed by atoms with Gasteiger partial charge in [0.1, 0.15) is 28.9 Å². The van der Waals surface area contributed by atoms with Gasteiger partial charge in [0.05, 0.1) is 22.8 Å². The number of hydrogen-bond acceptors (Lipinski definition) is 6. The Hall–Kier alpha value is -3.05. The van der Waals surface area contributed by atoms with Gasteiger partial charge in [-0.3, -0.25) is 4.79 Å². The molecule has 9 heteroatoms. The highest BCUT2D eigenvalue weighted by molar-refractivity contribution is 7.84. The van der Waals surface area contributed by atoms with Crippen LogP contribution in [-0.2, 0) is 4.79 Å². The van der Waals surface area contributed by atoms with Gasteiger partial charge in [-0.15, -0.1) is 12.6 Å². The van der Waals surface area contributed by atoms with Crippen molar-refractivity contribution in [2.24, 2.45) is 0 Å². The third kappa shape index (κ3) is 3.86. The van der Waals surface area contributed by atoms with Crippen LogP contribution in [0.5, 0.6) is 5.75 Å². The van der Waals surface area contributed by atoms with Crippen LogP contribution in [0.25, 0.3) is 11.3 Å². The van der Waals surface area contributed by atoms with Gasteiger partial charge in [0.2, 0.25) is 0 Å². The minimum Gasteiger partial charge on any atom is -0.495 e. The summed E-state index contributed by atoms with van der Waals surface area (Å²) in [5.41, 5.74) is 1.15. The van der Waals surface area contributed by atoms with Crippen LogP contribution in [-0.4, -0.2) is 13.0 Å². The first-order valence-electron chi connectivity index (χ1n) is 9.06. The fourth-order valence-corrected chi connectivity index (χ4v) is 4.20. The number of nitrogens with one attached hydrogen (secondary N) is 1. The molecule has 0 fully saturated rings. The molecule has 6 nitrogen and oxygen atoms in total. The maximum atomic E-state index is 12.5. The SMILES string of the molecule is COc1ccccc1N1C(S)=C(C#N)C(=O)NC1c1ccc(-c2ccc(Cl)cc2Cl)o1. The highest BCUT2D eigenvalue weighted by atomic mass is 35.5. The largest absolute Gasteiger partial charge is 0.495 e. The molecule has 0 saturated carbocycles. The first kappa shape index (κ1) is 21.2. The fraction of sp³-hybridized carbons (Fsp3) is 0.0909. The van der Waals surface area contributed by atoms with Crippen LogP contribution in [0.15, 0.2) is 69.6 Å². The molecule has 1 atom stereocenters. The van der Waals surface area contributed by atoms with Gasteiger partial charge in [0.25, 0.3) is 5.91 Å². The van der Waals surface area contributed by atoms with E-state index in [9.17, 15) is 10.1 Å². The molecule has 1 aromatic heterocycles. The maximum absolute atomic E-state index is 12.5. The van der Waals surface area contributed by atoms with Crippen molar-refractivity contribution in [3.8, 4) is 23.1 Å². The zero-order chi connectivity index (χ0) is 22.1. The third-order valence-corrected chi connectivity index (χ3v) is 5.74. The molecule has 0 aliphatic carbocycles. The van der Waals surface area contributed by atoms with Gasteiger partial charge in [-0.05, 0) is 42.5 Å². The average Bonchev–Trinajstić information content (AvgIpc) is 3.23. The quantitative estimate of drug-likeness (QED) is 0.486. The van der Waals surface area contributed by atoms with Gasteiger partial charge < -0.3 is 19.4 Å².